The van der Waals surface area contributed by atoms with Gasteiger partial charge in [0, 0.05) is 19.1 Å². The van der Waals surface area contributed by atoms with E-state index in [-0.39, 0.29) is 37.0 Å². The molecule has 1 fully saturated rings. The van der Waals surface area contributed by atoms with E-state index < -0.39 is 29.2 Å². The van der Waals surface area contributed by atoms with Crippen LogP contribution in [-0.4, -0.2) is 33.4 Å². The van der Waals surface area contributed by atoms with Crippen LogP contribution < -0.4 is 5.69 Å². The van der Waals surface area contributed by atoms with Gasteiger partial charge in [-0.1, -0.05) is 12.1 Å². The molecule has 3 aromatic rings. The van der Waals surface area contributed by atoms with Gasteiger partial charge in [-0.25, -0.2) is 4.79 Å². The van der Waals surface area contributed by atoms with Crippen molar-refractivity contribution in [1.82, 2.24) is 14.5 Å². The highest BCUT2D eigenvalue weighted by atomic mass is 19.4. The first-order valence-electron chi connectivity index (χ1n) is 10.2. The number of nitrogens with zero attached hydrogens (tertiary/aromatic N) is 2. The van der Waals surface area contributed by atoms with Crippen LogP contribution in [0.4, 0.5) is 26.3 Å². The van der Waals surface area contributed by atoms with E-state index in [1.807, 2.05) is 0 Å². The van der Waals surface area contributed by atoms with Crippen molar-refractivity contribution in [3.8, 4) is 0 Å². The number of hydrogen-bond acceptors (Lipinski definition) is 2. The summed E-state index contributed by atoms with van der Waals surface area (Å²) < 4.78 is 78.6. The Morgan fingerprint density at radius 3 is 2.06 bits per heavy atom. The van der Waals surface area contributed by atoms with E-state index in [2.05, 4.69) is 4.98 Å². The van der Waals surface area contributed by atoms with Crippen molar-refractivity contribution in [3.63, 3.8) is 0 Å². The van der Waals surface area contributed by atoms with Gasteiger partial charge in [0.2, 0.25) is 5.91 Å². The summed E-state index contributed by atoms with van der Waals surface area (Å²) in [6, 6.07) is 7.05. The lowest BCUT2D eigenvalue weighted by Crippen LogP contribution is -2.41. The van der Waals surface area contributed by atoms with Crippen LogP contribution in [-0.2, 0) is 23.6 Å². The molecule has 2 heterocycles. The minimum atomic E-state index is -4.54. The van der Waals surface area contributed by atoms with Crippen LogP contribution in [0.25, 0.3) is 11.0 Å². The predicted molar refractivity (Wildman–Crippen MR) is 108 cm³/mol. The Morgan fingerprint density at radius 2 is 1.48 bits per heavy atom. The number of rotatable bonds is 3. The predicted octanol–water partition coefficient (Wildman–Crippen LogP) is 4.77. The maximum absolute atomic E-state index is 13.1. The number of aromatic nitrogens is 2. The number of carbonyl (C=O) groups is 1. The van der Waals surface area contributed by atoms with Gasteiger partial charge in [0.05, 0.1) is 28.6 Å². The molecule has 2 aromatic carbocycles. The lowest BCUT2D eigenvalue weighted by molar-refractivity contribution is -0.138. The summed E-state index contributed by atoms with van der Waals surface area (Å²) >= 11 is 0. The van der Waals surface area contributed by atoms with Crippen molar-refractivity contribution in [2.75, 3.05) is 13.1 Å². The molecule has 1 saturated heterocycles. The molecule has 1 amide bonds. The van der Waals surface area contributed by atoms with Crippen molar-refractivity contribution < 1.29 is 31.1 Å². The lowest BCUT2D eigenvalue weighted by Gasteiger charge is -2.32. The summed E-state index contributed by atoms with van der Waals surface area (Å²) in [5.74, 6) is -0.265. The summed E-state index contributed by atoms with van der Waals surface area (Å²) in [6.07, 6.45) is -8.33. The molecule has 0 saturated carbocycles. The standard InChI is InChI=1S/C22H19F6N3O2/c23-21(24,25)14-3-1-13(2-4-14)11-19(32)30-9-7-16(8-10-30)31-18-12-15(22(26,27)28)5-6-17(18)29-20(31)33/h1-6,12,16H,7-11H2,(H,29,33). The number of H-pyrrole nitrogens is 1. The van der Waals surface area contributed by atoms with Crippen LogP contribution in [0.5, 0.6) is 0 Å². The summed E-state index contributed by atoms with van der Waals surface area (Å²) in [6.45, 7) is 0.560. The fourth-order valence-electron chi connectivity index (χ4n) is 4.13. The molecular formula is C22H19F6N3O2. The Kier molecular flexibility index (Phi) is 5.75. The summed E-state index contributed by atoms with van der Waals surface area (Å²) in [7, 11) is 0. The van der Waals surface area contributed by atoms with Crippen molar-refractivity contribution in [2.24, 2.45) is 0 Å². The minimum absolute atomic E-state index is 0.0647. The van der Waals surface area contributed by atoms with Crippen LogP contribution in [0, 0.1) is 0 Å². The number of aromatic amines is 1. The van der Waals surface area contributed by atoms with Gasteiger partial charge in [-0.3, -0.25) is 9.36 Å². The Labute approximate surface area is 183 Å². The van der Waals surface area contributed by atoms with Gasteiger partial charge in [0.25, 0.3) is 0 Å². The van der Waals surface area contributed by atoms with Gasteiger partial charge in [0.15, 0.2) is 0 Å². The molecule has 4 rings (SSSR count). The van der Waals surface area contributed by atoms with Gasteiger partial charge in [0.1, 0.15) is 0 Å². The third-order valence-electron chi connectivity index (χ3n) is 5.86. The molecule has 1 aromatic heterocycles. The SMILES string of the molecule is O=C(Cc1ccc(C(F)(F)F)cc1)N1CCC(n2c(=O)[nH]c3ccc(C(F)(F)F)cc32)CC1. The first-order chi connectivity index (χ1) is 15.4. The van der Waals surface area contributed by atoms with Crippen molar-refractivity contribution >= 4 is 16.9 Å². The molecule has 1 N–H and O–H groups in total. The number of fused-ring (bicyclic) bond motifs is 1. The number of hydrogen-bond donors (Lipinski definition) is 1. The Hall–Kier alpha value is -3.24. The van der Waals surface area contributed by atoms with Crippen LogP contribution in [0.15, 0.2) is 47.3 Å². The van der Waals surface area contributed by atoms with Gasteiger partial charge in [-0.2, -0.15) is 26.3 Å². The monoisotopic (exact) mass is 471 g/mol. The fraction of sp³-hybridized carbons (Fsp3) is 0.364. The van der Waals surface area contributed by atoms with Crippen molar-refractivity contribution in [2.45, 2.75) is 37.7 Å². The second-order valence-electron chi connectivity index (χ2n) is 8.01. The molecule has 0 bridgehead atoms. The highest BCUT2D eigenvalue weighted by Gasteiger charge is 2.33. The lowest BCUT2D eigenvalue weighted by atomic mass is 10.0. The highest BCUT2D eigenvalue weighted by molar-refractivity contribution is 5.79. The molecule has 0 atom stereocenters. The van der Waals surface area contributed by atoms with Gasteiger partial charge < -0.3 is 9.88 Å². The molecular weight excluding hydrogens is 452 g/mol. The number of nitrogens with one attached hydrogen (secondary N) is 1. The smallest absolute Gasteiger partial charge is 0.342 e. The zero-order valence-corrected chi connectivity index (χ0v) is 17.1. The van der Waals surface area contributed by atoms with E-state index in [0.717, 1.165) is 24.3 Å². The van der Waals surface area contributed by atoms with Gasteiger partial charge in [-0.15, -0.1) is 0 Å². The number of alkyl halides is 6. The van der Waals surface area contributed by atoms with E-state index >= 15 is 0 Å². The summed E-state index contributed by atoms with van der Waals surface area (Å²) in [5, 5.41) is 0. The van der Waals surface area contributed by atoms with E-state index in [0.29, 0.717) is 23.9 Å². The molecule has 1 aliphatic heterocycles. The number of imidazole rings is 1. The van der Waals surface area contributed by atoms with Crippen molar-refractivity contribution in [1.29, 1.82) is 0 Å². The van der Waals surface area contributed by atoms with Crippen LogP contribution in [0.1, 0.15) is 35.6 Å². The van der Waals surface area contributed by atoms with Crippen LogP contribution in [0.2, 0.25) is 0 Å². The second-order valence-corrected chi connectivity index (χ2v) is 8.01. The molecule has 5 nitrogen and oxygen atoms in total. The third kappa shape index (κ3) is 4.76. The number of amides is 1. The van der Waals surface area contributed by atoms with Gasteiger partial charge in [-0.05, 0) is 48.7 Å². The Balaban J connectivity index is 1.44. The molecule has 33 heavy (non-hydrogen) atoms. The van der Waals surface area contributed by atoms with E-state index in [4.69, 9.17) is 0 Å². The maximum atomic E-state index is 13.1. The Bertz CT molecular complexity index is 1220. The minimum Gasteiger partial charge on any atom is -0.342 e. The summed E-state index contributed by atoms with van der Waals surface area (Å²) in [4.78, 5) is 29.1. The number of halogens is 6. The fourth-order valence-corrected chi connectivity index (χ4v) is 4.13. The van der Waals surface area contributed by atoms with Crippen LogP contribution in [0.3, 0.4) is 0 Å². The molecule has 0 spiro atoms. The largest absolute Gasteiger partial charge is 0.416 e. The zero-order chi connectivity index (χ0) is 24.0. The number of piperidine rings is 1. The van der Waals surface area contributed by atoms with Crippen molar-refractivity contribution in [3.05, 3.63) is 69.6 Å². The molecule has 0 aliphatic carbocycles. The number of benzene rings is 2. The number of likely N-dealkylation sites (tertiary alicyclic amines) is 1. The second kappa shape index (κ2) is 8.27. The normalized spacial score (nSPS) is 15.9. The average molecular weight is 471 g/mol. The van der Waals surface area contributed by atoms with E-state index in [9.17, 15) is 35.9 Å². The first kappa shape index (κ1) is 22.9. The average Bonchev–Trinajstić information content (AvgIpc) is 3.08. The molecule has 1 aliphatic rings. The first-order valence-corrected chi connectivity index (χ1v) is 10.2. The third-order valence-corrected chi connectivity index (χ3v) is 5.86. The molecule has 176 valence electrons. The molecule has 0 radical (unpaired) electrons. The highest BCUT2D eigenvalue weighted by Crippen LogP contribution is 2.33. The molecule has 0 unspecified atom stereocenters. The Morgan fingerprint density at radius 1 is 0.909 bits per heavy atom. The van der Waals surface area contributed by atoms with E-state index in [1.165, 1.54) is 22.8 Å². The van der Waals surface area contributed by atoms with E-state index in [1.54, 1.807) is 4.90 Å². The summed E-state index contributed by atoms with van der Waals surface area (Å²) in [5.41, 5.74) is -1.26. The quantitative estimate of drug-likeness (QED) is 0.560. The van der Waals surface area contributed by atoms with Crippen LogP contribution >= 0.6 is 0 Å². The number of carbonyl (C=O) groups excluding carboxylic acids is 1. The zero-order valence-electron chi connectivity index (χ0n) is 17.1. The topological polar surface area (TPSA) is 58.1 Å². The maximum Gasteiger partial charge on any atom is 0.416 e. The molecule has 11 heteroatoms. The van der Waals surface area contributed by atoms with Gasteiger partial charge >= 0.3 is 18.0 Å².